The fourth-order valence-electron chi connectivity index (χ4n) is 2.04. The minimum atomic E-state index is -0.304. The monoisotopic (exact) mass is 284 g/mol. The van der Waals surface area contributed by atoms with Crippen LogP contribution in [0.15, 0.2) is 61.1 Å². The normalized spacial score (nSPS) is 10.5. The quantitative estimate of drug-likeness (QED) is 0.687. The summed E-state index contributed by atoms with van der Waals surface area (Å²) >= 11 is 5.89. The maximum atomic E-state index is 14.0. The average molecular weight is 285 g/mol. The van der Waals surface area contributed by atoms with Crippen LogP contribution in [-0.4, -0.2) is 9.97 Å². The van der Waals surface area contributed by atoms with Gasteiger partial charge in [0.05, 0.1) is 5.69 Å². The second-order valence-electron chi connectivity index (χ2n) is 4.27. The Labute approximate surface area is 120 Å². The van der Waals surface area contributed by atoms with E-state index in [2.05, 4.69) is 9.97 Å². The maximum absolute atomic E-state index is 14.0. The molecule has 0 aliphatic heterocycles. The van der Waals surface area contributed by atoms with E-state index in [1.807, 2.05) is 12.1 Å². The first-order chi connectivity index (χ1) is 9.75. The first kappa shape index (κ1) is 12.8. The first-order valence-electron chi connectivity index (χ1n) is 6.06. The third kappa shape index (κ3) is 2.40. The Kier molecular flexibility index (Phi) is 3.44. The van der Waals surface area contributed by atoms with Gasteiger partial charge in [-0.3, -0.25) is 0 Å². The molecule has 0 N–H and O–H groups in total. The van der Waals surface area contributed by atoms with Crippen molar-refractivity contribution >= 4 is 11.6 Å². The molecule has 0 aliphatic carbocycles. The van der Waals surface area contributed by atoms with Gasteiger partial charge in [0.15, 0.2) is 0 Å². The smallest absolute Gasteiger partial charge is 0.132 e. The highest BCUT2D eigenvalue weighted by atomic mass is 35.5. The predicted molar refractivity (Wildman–Crippen MR) is 77.9 cm³/mol. The Morgan fingerprint density at radius 3 is 2.40 bits per heavy atom. The molecular weight excluding hydrogens is 275 g/mol. The van der Waals surface area contributed by atoms with Crippen molar-refractivity contribution in [1.29, 1.82) is 0 Å². The molecule has 98 valence electrons. The molecule has 2 aromatic carbocycles. The van der Waals surface area contributed by atoms with E-state index in [1.54, 1.807) is 36.5 Å². The van der Waals surface area contributed by atoms with Gasteiger partial charge in [0, 0.05) is 22.3 Å². The van der Waals surface area contributed by atoms with Gasteiger partial charge >= 0.3 is 0 Å². The summed E-state index contributed by atoms with van der Waals surface area (Å²) in [5.74, 6) is -0.304. The summed E-state index contributed by atoms with van der Waals surface area (Å²) in [6, 6.07) is 13.9. The van der Waals surface area contributed by atoms with Crippen molar-refractivity contribution in [2.75, 3.05) is 0 Å². The number of nitrogens with zero attached hydrogens (tertiary/aromatic N) is 2. The number of rotatable bonds is 2. The van der Waals surface area contributed by atoms with Crippen LogP contribution < -0.4 is 0 Å². The molecule has 4 heteroatoms. The van der Waals surface area contributed by atoms with E-state index in [0.29, 0.717) is 16.3 Å². The second-order valence-corrected chi connectivity index (χ2v) is 4.71. The van der Waals surface area contributed by atoms with Crippen molar-refractivity contribution in [3.8, 4) is 22.4 Å². The zero-order valence-electron chi connectivity index (χ0n) is 10.4. The molecule has 0 radical (unpaired) electrons. The van der Waals surface area contributed by atoms with Crippen LogP contribution in [0.25, 0.3) is 22.4 Å². The number of hydrogen-bond donors (Lipinski definition) is 0. The SMILES string of the molecule is Fc1ccccc1-c1ncncc1-c1ccc(Cl)cc1. The summed E-state index contributed by atoms with van der Waals surface area (Å²) in [6.45, 7) is 0. The van der Waals surface area contributed by atoms with Gasteiger partial charge in [-0.15, -0.1) is 0 Å². The van der Waals surface area contributed by atoms with Crippen LogP contribution in [0.3, 0.4) is 0 Å². The molecule has 2 nitrogen and oxygen atoms in total. The van der Waals surface area contributed by atoms with Gasteiger partial charge in [-0.05, 0) is 29.8 Å². The third-order valence-electron chi connectivity index (χ3n) is 3.00. The molecule has 0 spiro atoms. The summed E-state index contributed by atoms with van der Waals surface area (Å²) in [7, 11) is 0. The molecule has 0 saturated heterocycles. The molecule has 0 atom stereocenters. The van der Waals surface area contributed by atoms with E-state index in [9.17, 15) is 4.39 Å². The fraction of sp³-hybridized carbons (Fsp3) is 0. The van der Waals surface area contributed by atoms with E-state index in [-0.39, 0.29) is 5.82 Å². The molecule has 0 bridgehead atoms. The molecule has 3 aromatic rings. The van der Waals surface area contributed by atoms with Gasteiger partial charge in [0.25, 0.3) is 0 Å². The minimum Gasteiger partial charge on any atom is -0.244 e. The van der Waals surface area contributed by atoms with Crippen LogP contribution in [0, 0.1) is 5.82 Å². The molecule has 20 heavy (non-hydrogen) atoms. The first-order valence-corrected chi connectivity index (χ1v) is 6.44. The number of benzene rings is 2. The summed E-state index contributed by atoms with van der Waals surface area (Å²) in [6.07, 6.45) is 3.10. The van der Waals surface area contributed by atoms with Gasteiger partial charge in [0.1, 0.15) is 12.1 Å². The average Bonchev–Trinajstić information content (AvgIpc) is 2.49. The minimum absolute atomic E-state index is 0.304. The van der Waals surface area contributed by atoms with E-state index >= 15 is 0 Å². The number of aromatic nitrogens is 2. The van der Waals surface area contributed by atoms with E-state index in [4.69, 9.17) is 11.6 Å². The molecule has 0 aliphatic rings. The van der Waals surface area contributed by atoms with Crippen molar-refractivity contribution < 1.29 is 4.39 Å². The highest BCUT2D eigenvalue weighted by Crippen LogP contribution is 2.31. The van der Waals surface area contributed by atoms with E-state index in [0.717, 1.165) is 11.1 Å². The molecule has 0 fully saturated rings. The van der Waals surface area contributed by atoms with Crippen LogP contribution in [-0.2, 0) is 0 Å². The largest absolute Gasteiger partial charge is 0.244 e. The Hall–Kier alpha value is -2.26. The molecule has 0 amide bonds. The summed E-state index contributed by atoms with van der Waals surface area (Å²) in [4.78, 5) is 8.26. The lowest BCUT2D eigenvalue weighted by Crippen LogP contribution is -1.93. The number of hydrogen-bond acceptors (Lipinski definition) is 2. The number of halogens is 2. The topological polar surface area (TPSA) is 25.8 Å². The fourth-order valence-corrected chi connectivity index (χ4v) is 2.16. The Balaban J connectivity index is 2.19. The lowest BCUT2D eigenvalue weighted by molar-refractivity contribution is 0.630. The summed E-state index contributed by atoms with van der Waals surface area (Å²) in [5.41, 5.74) is 2.70. The highest BCUT2D eigenvalue weighted by Gasteiger charge is 2.12. The van der Waals surface area contributed by atoms with Crippen molar-refractivity contribution in [2.45, 2.75) is 0 Å². The van der Waals surface area contributed by atoms with Crippen LogP contribution in [0.1, 0.15) is 0 Å². The van der Waals surface area contributed by atoms with Crippen molar-refractivity contribution in [3.63, 3.8) is 0 Å². The Bertz CT molecular complexity index is 741. The lowest BCUT2D eigenvalue weighted by atomic mass is 10.0. The zero-order chi connectivity index (χ0) is 13.9. The van der Waals surface area contributed by atoms with Gasteiger partial charge in [-0.25, -0.2) is 14.4 Å². The Morgan fingerprint density at radius 1 is 0.900 bits per heavy atom. The molecule has 0 unspecified atom stereocenters. The van der Waals surface area contributed by atoms with Gasteiger partial charge in [-0.1, -0.05) is 35.9 Å². The molecule has 0 saturated carbocycles. The molecule has 3 rings (SSSR count). The zero-order valence-corrected chi connectivity index (χ0v) is 11.2. The second kappa shape index (κ2) is 5.39. The van der Waals surface area contributed by atoms with Gasteiger partial charge in [-0.2, -0.15) is 0 Å². The van der Waals surface area contributed by atoms with Crippen molar-refractivity contribution in [2.24, 2.45) is 0 Å². The van der Waals surface area contributed by atoms with Crippen LogP contribution in [0.2, 0.25) is 5.02 Å². The summed E-state index contributed by atoms with van der Waals surface area (Å²) in [5, 5.41) is 0.651. The molecular formula is C16H10ClFN2. The van der Waals surface area contributed by atoms with Gasteiger partial charge in [0.2, 0.25) is 0 Å². The highest BCUT2D eigenvalue weighted by molar-refractivity contribution is 6.30. The predicted octanol–water partition coefficient (Wildman–Crippen LogP) is 4.60. The lowest BCUT2D eigenvalue weighted by Gasteiger charge is -2.09. The third-order valence-corrected chi connectivity index (χ3v) is 3.25. The van der Waals surface area contributed by atoms with Crippen LogP contribution >= 0.6 is 11.6 Å². The van der Waals surface area contributed by atoms with E-state index in [1.165, 1.54) is 12.4 Å². The van der Waals surface area contributed by atoms with E-state index < -0.39 is 0 Å². The van der Waals surface area contributed by atoms with Crippen LogP contribution in [0.5, 0.6) is 0 Å². The maximum Gasteiger partial charge on any atom is 0.132 e. The Morgan fingerprint density at radius 2 is 1.65 bits per heavy atom. The standard InChI is InChI=1S/C16H10ClFN2/c17-12-7-5-11(6-8-12)14-9-19-10-20-16(14)13-3-1-2-4-15(13)18/h1-10H. The van der Waals surface area contributed by atoms with Crippen molar-refractivity contribution in [3.05, 3.63) is 71.9 Å². The summed E-state index contributed by atoms with van der Waals surface area (Å²) < 4.78 is 14.0. The van der Waals surface area contributed by atoms with Crippen LogP contribution in [0.4, 0.5) is 4.39 Å². The molecule has 1 aromatic heterocycles. The van der Waals surface area contributed by atoms with Crippen molar-refractivity contribution in [1.82, 2.24) is 9.97 Å². The molecule has 1 heterocycles. The van der Waals surface area contributed by atoms with Gasteiger partial charge < -0.3 is 0 Å².